The summed E-state index contributed by atoms with van der Waals surface area (Å²) < 4.78 is 0. The van der Waals surface area contributed by atoms with Gasteiger partial charge in [0.2, 0.25) is 0 Å². The molecular formula is C14H18Cl2N2O. The van der Waals surface area contributed by atoms with Crippen LogP contribution in [0.2, 0.25) is 10.0 Å². The molecule has 0 spiro atoms. The van der Waals surface area contributed by atoms with Gasteiger partial charge in [0.25, 0.3) is 5.91 Å². The molecule has 0 radical (unpaired) electrons. The fourth-order valence-corrected chi connectivity index (χ4v) is 3.01. The van der Waals surface area contributed by atoms with E-state index in [-0.39, 0.29) is 11.4 Å². The van der Waals surface area contributed by atoms with Crippen molar-refractivity contribution in [2.45, 2.75) is 44.6 Å². The van der Waals surface area contributed by atoms with E-state index in [0.717, 1.165) is 25.7 Å². The number of carbonyl (C=O) groups excluding carboxylic acids is 1. The second-order valence-corrected chi connectivity index (χ2v) is 6.24. The molecule has 1 fully saturated rings. The number of amides is 1. The fraction of sp³-hybridized carbons (Fsp3) is 0.500. The lowest BCUT2D eigenvalue weighted by atomic mass is 9.83. The first-order chi connectivity index (χ1) is 8.91. The molecule has 1 aromatic rings. The Morgan fingerprint density at radius 2 is 1.74 bits per heavy atom. The van der Waals surface area contributed by atoms with Crippen molar-refractivity contribution in [3.8, 4) is 0 Å². The van der Waals surface area contributed by atoms with Crippen molar-refractivity contribution in [3.63, 3.8) is 0 Å². The molecule has 0 heterocycles. The van der Waals surface area contributed by atoms with Crippen LogP contribution in [-0.4, -0.2) is 11.4 Å². The van der Waals surface area contributed by atoms with Crippen molar-refractivity contribution in [1.82, 2.24) is 5.32 Å². The maximum atomic E-state index is 12.3. The Bertz CT molecular complexity index is 473. The van der Waals surface area contributed by atoms with E-state index < -0.39 is 0 Å². The quantitative estimate of drug-likeness (QED) is 0.810. The number of carbonyl (C=O) groups is 1. The number of nitrogens with one attached hydrogen (secondary N) is 1. The minimum atomic E-state index is -0.145. The highest BCUT2D eigenvalue weighted by atomic mass is 35.5. The Kier molecular flexibility index (Phi) is 4.26. The summed E-state index contributed by atoms with van der Waals surface area (Å²) in [5.41, 5.74) is 6.30. The molecule has 5 heteroatoms. The maximum Gasteiger partial charge on any atom is 0.251 e. The first-order valence-corrected chi connectivity index (χ1v) is 7.24. The predicted molar refractivity (Wildman–Crippen MR) is 79.8 cm³/mol. The zero-order valence-electron chi connectivity index (χ0n) is 10.9. The smallest absolute Gasteiger partial charge is 0.251 e. The number of rotatable bonds is 2. The first-order valence-electron chi connectivity index (χ1n) is 6.48. The molecule has 0 unspecified atom stereocenters. The van der Waals surface area contributed by atoms with Gasteiger partial charge in [0, 0.05) is 11.1 Å². The van der Waals surface area contributed by atoms with Gasteiger partial charge in [-0.15, -0.1) is 0 Å². The molecule has 0 saturated heterocycles. The summed E-state index contributed by atoms with van der Waals surface area (Å²) >= 11 is 11.9. The van der Waals surface area contributed by atoms with Crippen molar-refractivity contribution in [3.05, 3.63) is 27.7 Å². The summed E-state index contributed by atoms with van der Waals surface area (Å²) in [6, 6.07) is 3.12. The highest BCUT2D eigenvalue weighted by molar-refractivity contribution is 6.39. The molecule has 1 saturated carbocycles. The molecule has 19 heavy (non-hydrogen) atoms. The lowest BCUT2D eigenvalue weighted by molar-refractivity contribution is 0.0882. The molecule has 0 aliphatic heterocycles. The van der Waals surface area contributed by atoms with Gasteiger partial charge in [-0.25, -0.2) is 0 Å². The lowest BCUT2D eigenvalue weighted by Crippen LogP contribution is -2.47. The SMILES string of the molecule is CC1(NC(=O)c2cc(Cl)c(N)c(Cl)c2)CCCCC1. The van der Waals surface area contributed by atoms with Crippen LogP contribution in [0.5, 0.6) is 0 Å². The summed E-state index contributed by atoms with van der Waals surface area (Å²) in [6.45, 7) is 2.09. The van der Waals surface area contributed by atoms with E-state index in [1.165, 1.54) is 6.42 Å². The molecule has 1 aromatic carbocycles. The number of nitrogen functional groups attached to an aromatic ring is 1. The normalized spacial score (nSPS) is 18.1. The van der Waals surface area contributed by atoms with Gasteiger partial charge in [0.15, 0.2) is 0 Å². The zero-order chi connectivity index (χ0) is 14.0. The van der Waals surface area contributed by atoms with Gasteiger partial charge < -0.3 is 11.1 Å². The van der Waals surface area contributed by atoms with E-state index in [2.05, 4.69) is 12.2 Å². The van der Waals surface area contributed by atoms with E-state index in [4.69, 9.17) is 28.9 Å². The van der Waals surface area contributed by atoms with Gasteiger partial charge in [-0.1, -0.05) is 42.5 Å². The van der Waals surface area contributed by atoms with E-state index >= 15 is 0 Å². The summed E-state index contributed by atoms with van der Waals surface area (Å²) in [5, 5.41) is 3.71. The van der Waals surface area contributed by atoms with Crippen LogP contribution in [-0.2, 0) is 0 Å². The average molecular weight is 301 g/mol. The predicted octanol–water partition coefficient (Wildman–Crippen LogP) is 4.03. The van der Waals surface area contributed by atoms with Crippen molar-refractivity contribution < 1.29 is 4.79 Å². The van der Waals surface area contributed by atoms with Crippen LogP contribution in [0.3, 0.4) is 0 Å². The van der Waals surface area contributed by atoms with E-state index in [1.54, 1.807) is 12.1 Å². The number of anilines is 1. The molecule has 104 valence electrons. The van der Waals surface area contributed by atoms with Crippen LogP contribution in [0.15, 0.2) is 12.1 Å². The third kappa shape index (κ3) is 3.34. The van der Waals surface area contributed by atoms with Gasteiger partial charge >= 0.3 is 0 Å². The Hall–Kier alpha value is -0.930. The molecule has 0 atom stereocenters. The fourth-order valence-electron chi connectivity index (χ4n) is 2.52. The number of hydrogen-bond donors (Lipinski definition) is 2. The molecule has 3 N–H and O–H groups in total. The Morgan fingerprint density at radius 1 is 1.21 bits per heavy atom. The van der Waals surface area contributed by atoms with Crippen molar-refractivity contribution in [2.75, 3.05) is 5.73 Å². The summed E-state index contributed by atoms with van der Waals surface area (Å²) in [4.78, 5) is 12.3. The second-order valence-electron chi connectivity index (χ2n) is 5.43. The number of halogens is 2. The van der Waals surface area contributed by atoms with E-state index in [1.807, 2.05) is 0 Å². The van der Waals surface area contributed by atoms with Gasteiger partial charge in [-0.2, -0.15) is 0 Å². The molecule has 0 bridgehead atoms. The van der Waals surface area contributed by atoms with Gasteiger partial charge in [-0.3, -0.25) is 4.79 Å². The highest BCUT2D eigenvalue weighted by Crippen LogP contribution is 2.31. The van der Waals surface area contributed by atoms with Crippen LogP contribution < -0.4 is 11.1 Å². The number of nitrogens with two attached hydrogens (primary N) is 1. The Morgan fingerprint density at radius 3 is 2.26 bits per heavy atom. The molecule has 1 amide bonds. The Labute approximate surface area is 123 Å². The van der Waals surface area contributed by atoms with Gasteiger partial charge in [-0.05, 0) is 31.9 Å². The number of benzene rings is 1. The maximum absolute atomic E-state index is 12.3. The van der Waals surface area contributed by atoms with Crippen LogP contribution in [0.1, 0.15) is 49.4 Å². The summed E-state index contributed by atoms with van der Waals surface area (Å²) in [5.74, 6) is -0.145. The molecule has 2 rings (SSSR count). The molecule has 1 aliphatic rings. The standard InChI is InChI=1S/C14H18Cl2N2O/c1-14(5-3-2-4-6-14)18-13(19)9-7-10(15)12(17)11(16)8-9/h7-8H,2-6,17H2,1H3,(H,18,19). The number of hydrogen-bond acceptors (Lipinski definition) is 2. The van der Waals surface area contributed by atoms with Crippen molar-refractivity contribution in [2.24, 2.45) is 0 Å². The van der Waals surface area contributed by atoms with Crippen LogP contribution in [0.4, 0.5) is 5.69 Å². The van der Waals surface area contributed by atoms with E-state index in [9.17, 15) is 4.79 Å². The van der Waals surface area contributed by atoms with Crippen molar-refractivity contribution in [1.29, 1.82) is 0 Å². The minimum absolute atomic E-state index is 0.129. The molecular weight excluding hydrogens is 283 g/mol. The largest absolute Gasteiger partial charge is 0.396 e. The Balaban J connectivity index is 2.16. The lowest BCUT2D eigenvalue weighted by Gasteiger charge is -2.34. The monoisotopic (exact) mass is 300 g/mol. The van der Waals surface area contributed by atoms with Crippen molar-refractivity contribution >= 4 is 34.8 Å². The topological polar surface area (TPSA) is 55.1 Å². The van der Waals surface area contributed by atoms with Gasteiger partial charge in [0.1, 0.15) is 0 Å². The molecule has 1 aliphatic carbocycles. The first kappa shape index (κ1) is 14.5. The molecule has 0 aromatic heterocycles. The van der Waals surface area contributed by atoms with Gasteiger partial charge in [0.05, 0.1) is 15.7 Å². The van der Waals surface area contributed by atoms with Crippen LogP contribution >= 0.6 is 23.2 Å². The third-order valence-corrected chi connectivity index (χ3v) is 4.34. The zero-order valence-corrected chi connectivity index (χ0v) is 12.4. The summed E-state index contributed by atoms with van der Waals surface area (Å²) in [7, 11) is 0. The summed E-state index contributed by atoms with van der Waals surface area (Å²) in [6.07, 6.45) is 5.56. The van der Waals surface area contributed by atoms with Crippen LogP contribution in [0, 0.1) is 0 Å². The minimum Gasteiger partial charge on any atom is -0.396 e. The second kappa shape index (κ2) is 5.59. The van der Waals surface area contributed by atoms with Crippen LogP contribution in [0.25, 0.3) is 0 Å². The average Bonchev–Trinajstić information content (AvgIpc) is 2.35. The van der Waals surface area contributed by atoms with E-state index in [0.29, 0.717) is 21.3 Å². The highest BCUT2D eigenvalue weighted by Gasteiger charge is 2.28. The third-order valence-electron chi connectivity index (χ3n) is 3.71. The molecule has 3 nitrogen and oxygen atoms in total.